The molecule has 1 fully saturated rings. The Morgan fingerprint density at radius 2 is 1.64 bits per heavy atom. The van der Waals surface area contributed by atoms with Crippen molar-refractivity contribution in [3.05, 3.63) is 66.2 Å². The number of amides is 3. The van der Waals surface area contributed by atoms with Crippen LogP contribution in [0.5, 0.6) is 0 Å². The van der Waals surface area contributed by atoms with Gasteiger partial charge in [-0.3, -0.25) is 14.4 Å². The highest BCUT2D eigenvalue weighted by Crippen LogP contribution is 2.26. The molecule has 1 unspecified atom stereocenters. The highest BCUT2D eigenvalue weighted by atomic mass is 35.5. The molecular formula is C19H17ClN2O3. The van der Waals surface area contributed by atoms with Crippen molar-refractivity contribution in [1.82, 2.24) is 4.90 Å². The van der Waals surface area contributed by atoms with Gasteiger partial charge in [-0.15, -0.1) is 11.6 Å². The van der Waals surface area contributed by atoms with Crippen LogP contribution in [0.3, 0.4) is 0 Å². The van der Waals surface area contributed by atoms with E-state index in [0.717, 1.165) is 10.5 Å². The maximum absolute atomic E-state index is 12.8. The highest BCUT2D eigenvalue weighted by molar-refractivity contribution is 6.28. The Labute approximate surface area is 150 Å². The molecule has 3 rings (SSSR count). The van der Waals surface area contributed by atoms with Gasteiger partial charge in [-0.1, -0.05) is 48.5 Å². The minimum absolute atomic E-state index is 0.0385. The molecule has 1 atom stereocenters. The Kier molecular flexibility index (Phi) is 5.14. The van der Waals surface area contributed by atoms with Gasteiger partial charge >= 0.3 is 0 Å². The molecule has 0 radical (unpaired) electrons. The summed E-state index contributed by atoms with van der Waals surface area (Å²) in [5, 5.41) is 0. The standard InChI is InChI=1S/C19H17ClN2O3/c20-12-18(24)21(13-14-7-3-1-4-8-14)16-11-17(23)22(19(16)25)15-9-5-2-6-10-15/h1-10,16H,11-13H2. The van der Waals surface area contributed by atoms with Crippen LogP contribution in [-0.2, 0) is 20.9 Å². The first-order chi connectivity index (χ1) is 12.1. The molecule has 6 heteroatoms. The lowest BCUT2D eigenvalue weighted by atomic mass is 10.1. The lowest BCUT2D eigenvalue weighted by molar-refractivity contribution is -0.136. The van der Waals surface area contributed by atoms with Crippen LogP contribution in [0, 0.1) is 0 Å². The number of hydrogen-bond acceptors (Lipinski definition) is 3. The van der Waals surface area contributed by atoms with Crippen LogP contribution >= 0.6 is 11.6 Å². The van der Waals surface area contributed by atoms with Crippen molar-refractivity contribution in [1.29, 1.82) is 0 Å². The first-order valence-corrected chi connectivity index (χ1v) is 8.46. The quantitative estimate of drug-likeness (QED) is 0.611. The zero-order valence-corrected chi connectivity index (χ0v) is 14.2. The number of benzene rings is 2. The van der Waals surface area contributed by atoms with E-state index in [1.807, 2.05) is 36.4 Å². The molecule has 5 nitrogen and oxygen atoms in total. The second-order valence-electron chi connectivity index (χ2n) is 5.76. The number of carbonyl (C=O) groups excluding carboxylic acids is 3. The lowest BCUT2D eigenvalue weighted by Crippen LogP contribution is -2.45. The van der Waals surface area contributed by atoms with Crippen LogP contribution in [0.25, 0.3) is 0 Å². The van der Waals surface area contributed by atoms with E-state index in [-0.39, 0.29) is 30.7 Å². The Morgan fingerprint density at radius 3 is 2.24 bits per heavy atom. The van der Waals surface area contributed by atoms with Gasteiger partial charge in [0.1, 0.15) is 11.9 Å². The summed E-state index contributed by atoms with van der Waals surface area (Å²) >= 11 is 5.73. The van der Waals surface area contributed by atoms with E-state index < -0.39 is 11.9 Å². The summed E-state index contributed by atoms with van der Waals surface area (Å²) in [6.45, 7) is 0.235. The Balaban J connectivity index is 1.88. The van der Waals surface area contributed by atoms with Crippen LogP contribution in [0.1, 0.15) is 12.0 Å². The van der Waals surface area contributed by atoms with E-state index in [1.165, 1.54) is 4.90 Å². The number of halogens is 1. The van der Waals surface area contributed by atoms with E-state index >= 15 is 0 Å². The van der Waals surface area contributed by atoms with Crippen molar-refractivity contribution in [3.63, 3.8) is 0 Å². The summed E-state index contributed by atoms with van der Waals surface area (Å²) < 4.78 is 0. The van der Waals surface area contributed by atoms with Gasteiger partial charge in [0.25, 0.3) is 5.91 Å². The third-order valence-electron chi connectivity index (χ3n) is 4.14. The maximum atomic E-state index is 12.8. The SMILES string of the molecule is O=C1CC(N(Cc2ccccc2)C(=O)CCl)C(=O)N1c1ccccc1. The van der Waals surface area contributed by atoms with E-state index in [0.29, 0.717) is 5.69 Å². The monoisotopic (exact) mass is 356 g/mol. The van der Waals surface area contributed by atoms with E-state index in [4.69, 9.17) is 11.6 Å². The number of alkyl halides is 1. The van der Waals surface area contributed by atoms with Crippen molar-refractivity contribution in [2.75, 3.05) is 10.8 Å². The summed E-state index contributed by atoms with van der Waals surface area (Å²) in [6.07, 6.45) is -0.0385. The number of hydrogen-bond donors (Lipinski definition) is 0. The zero-order valence-electron chi connectivity index (χ0n) is 13.5. The van der Waals surface area contributed by atoms with Crippen LogP contribution in [-0.4, -0.2) is 34.5 Å². The summed E-state index contributed by atoms with van der Waals surface area (Å²) in [7, 11) is 0. The van der Waals surface area contributed by atoms with Crippen molar-refractivity contribution >= 4 is 35.0 Å². The van der Waals surface area contributed by atoms with Crippen LogP contribution < -0.4 is 4.90 Å². The summed E-state index contributed by atoms with van der Waals surface area (Å²) in [5.74, 6) is -1.32. The Morgan fingerprint density at radius 1 is 1.04 bits per heavy atom. The number of carbonyl (C=O) groups is 3. The normalized spacial score (nSPS) is 17.0. The average molecular weight is 357 g/mol. The number of nitrogens with zero attached hydrogens (tertiary/aromatic N) is 2. The average Bonchev–Trinajstić information content (AvgIpc) is 2.94. The van der Waals surface area contributed by atoms with Crippen molar-refractivity contribution in [2.24, 2.45) is 0 Å². The predicted octanol–water partition coefficient (Wildman–Crippen LogP) is 2.59. The first-order valence-electron chi connectivity index (χ1n) is 7.93. The van der Waals surface area contributed by atoms with Crippen LogP contribution in [0.15, 0.2) is 60.7 Å². The largest absolute Gasteiger partial charge is 0.325 e. The molecule has 0 spiro atoms. The second kappa shape index (κ2) is 7.49. The first kappa shape index (κ1) is 17.2. The summed E-state index contributed by atoms with van der Waals surface area (Å²) in [6, 6.07) is 17.2. The fourth-order valence-electron chi connectivity index (χ4n) is 2.94. The Hall–Kier alpha value is -2.66. The lowest BCUT2D eigenvalue weighted by Gasteiger charge is -2.27. The highest BCUT2D eigenvalue weighted by Gasteiger charge is 2.44. The molecule has 2 aromatic rings. The fourth-order valence-corrected chi connectivity index (χ4v) is 3.09. The molecule has 3 amide bonds. The molecule has 1 aliphatic rings. The minimum atomic E-state index is -0.834. The molecule has 0 bridgehead atoms. The van der Waals surface area contributed by atoms with Crippen LogP contribution in [0.2, 0.25) is 0 Å². The van der Waals surface area contributed by atoms with Crippen molar-refractivity contribution < 1.29 is 14.4 Å². The molecule has 0 aromatic heterocycles. The summed E-state index contributed by atoms with van der Waals surface area (Å²) in [5.41, 5.74) is 1.39. The topological polar surface area (TPSA) is 57.7 Å². The molecule has 0 saturated carbocycles. The molecule has 0 N–H and O–H groups in total. The Bertz CT molecular complexity index is 780. The van der Waals surface area contributed by atoms with Gasteiger partial charge in [-0.2, -0.15) is 0 Å². The van der Waals surface area contributed by atoms with Crippen LogP contribution in [0.4, 0.5) is 5.69 Å². The molecular weight excluding hydrogens is 340 g/mol. The van der Waals surface area contributed by atoms with Gasteiger partial charge in [-0.25, -0.2) is 4.90 Å². The molecule has 0 aliphatic carbocycles. The number of para-hydroxylation sites is 1. The maximum Gasteiger partial charge on any atom is 0.257 e. The molecule has 2 aromatic carbocycles. The minimum Gasteiger partial charge on any atom is -0.325 e. The third kappa shape index (κ3) is 3.56. The van der Waals surface area contributed by atoms with Gasteiger partial charge in [0.2, 0.25) is 11.8 Å². The van der Waals surface area contributed by atoms with Gasteiger partial charge < -0.3 is 4.90 Å². The van der Waals surface area contributed by atoms with Gasteiger partial charge in [0, 0.05) is 6.54 Å². The summed E-state index contributed by atoms with van der Waals surface area (Å²) in [4.78, 5) is 40.1. The van der Waals surface area contributed by atoms with Gasteiger partial charge in [-0.05, 0) is 17.7 Å². The van der Waals surface area contributed by atoms with Crippen molar-refractivity contribution in [2.45, 2.75) is 19.0 Å². The second-order valence-corrected chi connectivity index (χ2v) is 6.03. The van der Waals surface area contributed by atoms with Gasteiger partial charge in [0.05, 0.1) is 12.1 Å². The number of imide groups is 1. The van der Waals surface area contributed by atoms with E-state index in [9.17, 15) is 14.4 Å². The third-order valence-corrected chi connectivity index (χ3v) is 4.37. The molecule has 128 valence electrons. The molecule has 25 heavy (non-hydrogen) atoms. The fraction of sp³-hybridized carbons (Fsp3) is 0.211. The molecule has 1 saturated heterocycles. The van der Waals surface area contributed by atoms with Gasteiger partial charge in [0.15, 0.2) is 0 Å². The molecule has 1 heterocycles. The van der Waals surface area contributed by atoms with Crippen molar-refractivity contribution in [3.8, 4) is 0 Å². The number of anilines is 1. The van der Waals surface area contributed by atoms with E-state index in [2.05, 4.69) is 0 Å². The predicted molar refractivity (Wildman–Crippen MR) is 95.1 cm³/mol. The zero-order chi connectivity index (χ0) is 17.8. The number of rotatable bonds is 5. The molecule has 1 aliphatic heterocycles. The van der Waals surface area contributed by atoms with E-state index in [1.54, 1.807) is 24.3 Å². The smallest absolute Gasteiger partial charge is 0.257 e.